The Morgan fingerprint density at radius 1 is 0.889 bits per heavy atom. The fourth-order valence-electron chi connectivity index (χ4n) is 2.79. The number of rotatable bonds is 8. The van der Waals surface area contributed by atoms with Crippen LogP contribution in [-0.4, -0.2) is 12.5 Å². The predicted molar refractivity (Wildman–Crippen MR) is 109 cm³/mol. The minimum absolute atomic E-state index is 0.127. The first-order chi connectivity index (χ1) is 13.2. The van der Waals surface area contributed by atoms with E-state index < -0.39 is 0 Å². The number of hydrogen-bond donors (Lipinski definition) is 1. The Morgan fingerprint density at radius 2 is 1.59 bits per heavy atom. The van der Waals surface area contributed by atoms with Crippen molar-refractivity contribution >= 4 is 17.5 Å². The first-order valence-corrected chi connectivity index (χ1v) is 9.39. The molecule has 0 aliphatic carbocycles. The quantitative estimate of drug-likeness (QED) is 0.540. The number of ether oxygens (including phenoxy) is 1. The topological polar surface area (TPSA) is 38.3 Å². The summed E-state index contributed by atoms with van der Waals surface area (Å²) in [6.07, 6.45) is 1.65. The zero-order valence-corrected chi connectivity index (χ0v) is 15.8. The third kappa shape index (κ3) is 5.60. The number of halogens is 1. The van der Waals surface area contributed by atoms with Crippen molar-refractivity contribution < 1.29 is 9.53 Å². The molecule has 0 unspecified atom stereocenters. The van der Waals surface area contributed by atoms with Crippen LogP contribution in [0.25, 0.3) is 0 Å². The standard InChI is InChI=1S/C23H22ClNO2/c24-21-14-6-4-11-19(21)12-8-16-25-23(26)20-13-5-7-15-22(20)27-17-18-9-2-1-3-10-18/h1-7,9-11,13-15H,8,12,16-17H2,(H,25,26). The molecule has 0 spiro atoms. The van der Waals surface area contributed by atoms with Crippen LogP contribution in [0.1, 0.15) is 27.9 Å². The summed E-state index contributed by atoms with van der Waals surface area (Å²) in [5.41, 5.74) is 2.71. The smallest absolute Gasteiger partial charge is 0.255 e. The molecule has 0 aliphatic rings. The summed E-state index contributed by atoms with van der Waals surface area (Å²) in [6, 6.07) is 25.0. The highest BCUT2D eigenvalue weighted by Gasteiger charge is 2.11. The maximum absolute atomic E-state index is 12.5. The van der Waals surface area contributed by atoms with Crippen molar-refractivity contribution in [3.8, 4) is 5.75 Å². The molecule has 0 atom stereocenters. The zero-order chi connectivity index (χ0) is 18.9. The van der Waals surface area contributed by atoms with Gasteiger partial charge in [-0.1, -0.05) is 72.3 Å². The van der Waals surface area contributed by atoms with Crippen molar-refractivity contribution in [1.82, 2.24) is 5.32 Å². The highest BCUT2D eigenvalue weighted by molar-refractivity contribution is 6.31. The maximum Gasteiger partial charge on any atom is 0.255 e. The van der Waals surface area contributed by atoms with Crippen molar-refractivity contribution in [1.29, 1.82) is 0 Å². The Balaban J connectivity index is 1.53. The van der Waals surface area contributed by atoms with E-state index in [9.17, 15) is 4.79 Å². The molecule has 3 aromatic rings. The van der Waals surface area contributed by atoms with E-state index >= 15 is 0 Å². The zero-order valence-electron chi connectivity index (χ0n) is 15.0. The van der Waals surface area contributed by atoms with Crippen molar-refractivity contribution in [2.45, 2.75) is 19.4 Å². The van der Waals surface area contributed by atoms with Gasteiger partial charge in [0.15, 0.2) is 0 Å². The predicted octanol–water partition coefficient (Wildman–Crippen LogP) is 5.28. The Bertz CT molecular complexity index is 880. The van der Waals surface area contributed by atoms with Crippen molar-refractivity contribution in [3.05, 3.63) is 101 Å². The molecule has 27 heavy (non-hydrogen) atoms. The lowest BCUT2D eigenvalue weighted by atomic mass is 10.1. The van der Waals surface area contributed by atoms with Gasteiger partial charge in [-0.3, -0.25) is 4.79 Å². The van der Waals surface area contributed by atoms with Gasteiger partial charge in [-0.25, -0.2) is 0 Å². The fraction of sp³-hybridized carbons (Fsp3) is 0.174. The molecular formula is C23H22ClNO2. The minimum Gasteiger partial charge on any atom is -0.488 e. The van der Waals surface area contributed by atoms with E-state index in [0.29, 0.717) is 24.5 Å². The van der Waals surface area contributed by atoms with E-state index in [2.05, 4.69) is 5.32 Å². The first kappa shape index (κ1) is 19.0. The monoisotopic (exact) mass is 379 g/mol. The molecule has 3 nitrogen and oxygen atoms in total. The summed E-state index contributed by atoms with van der Waals surface area (Å²) in [5, 5.41) is 3.73. The van der Waals surface area contributed by atoms with Crippen LogP contribution >= 0.6 is 11.6 Å². The average Bonchev–Trinajstić information content (AvgIpc) is 2.71. The number of amides is 1. The van der Waals surface area contributed by atoms with Crippen LogP contribution in [-0.2, 0) is 13.0 Å². The summed E-state index contributed by atoms with van der Waals surface area (Å²) in [6.45, 7) is 1.01. The van der Waals surface area contributed by atoms with Crippen molar-refractivity contribution in [2.75, 3.05) is 6.54 Å². The van der Waals surface area contributed by atoms with Crippen LogP contribution in [0, 0.1) is 0 Å². The molecule has 0 fully saturated rings. The lowest BCUT2D eigenvalue weighted by Gasteiger charge is -2.12. The van der Waals surface area contributed by atoms with Gasteiger partial charge in [0.05, 0.1) is 5.56 Å². The Morgan fingerprint density at radius 3 is 2.41 bits per heavy atom. The number of hydrogen-bond acceptors (Lipinski definition) is 2. The lowest BCUT2D eigenvalue weighted by molar-refractivity contribution is 0.0948. The van der Waals surface area contributed by atoms with E-state index in [4.69, 9.17) is 16.3 Å². The molecule has 0 saturated carbocycles. The van der Waals surface area contributed by atoms with E-state index in [1.807, 2.05) is 72.8 Å². The van der Waals surface area contributed by atoms with Crippen LogP contribution < -0.4 is 10.1 Å². The van der Waals surface area contributed by atoms with E-state index in [1.165, 1.54) is 0 Å². The van der Waals surface area contributed by atoms with Gasteiger partial charge in [-0.05, 0) is 42.2 Å². The summed E-state index contributed by atoms with van der Waals surface area (Å²) in [5.74, 6) is 0.461. The summed E-state index contributed by atoms with van der Waals surface area (Å²) >= 11 is 6.16. The van der Waals surface area contributed by atoms with Crippen LogP contribution in [0.3, 0.4) is 0 Å². The molecule has 0 radical (unpaired) electrons. The molecule has 1 N–H and O–H groups in total. The van der Waals surface area contributed by atoms with Gasteiger partial charge < -0.3 is 10.1 Å². The number of para-hydroxylation sites is 1. The van der Waals surface area contributed by atoms with E-state index in [-0.39, 0.29) is 5.91 Å². The molecular weight excluding hydrogens is 358 g/mol. The van der Waals surface area contributed by atoms with Crippen LogP contribution in [0.5, 0.6) is 5.75 Å². The minimum atomic E-state index is -0.127. The van der Waals surface area contributed by atoms with Gasteiger partial charge in [-0.15, -0.1) is 0 Å². The second kappa shape index (κ2) is 9.79. The molecule has 0 aliphatic heterocycles. The molecule has 0 heterocycles. The molecule has 138 valence electrons. The number of nitrogens with one attached hydrogen (secondary N) is 1. The summed E-state index contributed by atoms with van der Waals surface area (Å²) < 4.78 is 5.86. The molecule has 3 rings (SSSR count). The van der Waals surface area contributed by atoms with Crippen molar-refractivity contribution in [2.24, 2.45) is 0 Å². The SMILES string of the molecule is O=C(NCCCc1ccccc1Cl)c1ccccc1OCc1ccccc1. The highest BCUT2D eigenvalue weighted by atomic mass is 35.5. The van der Waals surface area contributed by atoms with Gasteiger partial charge >= 0.3 is 0 Å². The summed E-state index contributed by atoms with van der Waals surface area (Å²) in [7, 11) is 0. The first-order valence-electron chi connectivity index (χ1n) is 9.01. The second-order valence-corrected chi connectivity index (χ2v) is 6.63. The number of carbonyl (C=O) groups excluding carboxylic acids is 1. The molecule has 0 aromatic heterocycles. The van der Waals surface area contributed by atoms with Gasteiger partial charge in [-0.2, -0.15) is 0 Å². The largest absolute Gasteiger partial charge is 0.488 e. The van der Waals surface area contributed by atoms with Crippen LogP contribution in [0.4, 0.5) is 0 Å². The van der Waals surface area contributed by atoms with Gasteiger partial charge in [0.25, 0.3) is 5.91 Å². The van der Waals surface area contributed by atoms with Gasteiger partial charge in [0.1, 0.15) is 12.4 Å². The Hall–Kier alpha value is -2.78. The fourth-order valence-corrected chi connectivity index (χ4v) is 3.02. The molecule has 3 aromatic carbocycles. The third-order valence-electron chi connectivity index (χ3n) is 4.24. The Kier molecular flexibility index (Phi) is 6.89. The van der Waals surface area contributed by atoms with Gasteiger partial charge in [0, 0.05) is 11.6 Å². The average molecular weight is 380 g/mol. The van der Waals surface area contributed by atoms with E-state index in [1.54, 1.807) is 6.07 Å². The molecule has 1 amide bonds. The number of carbonyl (C=O) groups is 1. The second-order valence-electron chi connectivity index (χ2n) is 6.22. The Labute approximate surface area is 164 Å². The maximum atomic E-state index is 12.5. The highest BCUT2D eigenvalue weighted by Crippen LogP contribution is 2.20. The third-order valence-corrected chi connectivity index (χ3v) is 4.60. The molecule has 0 saturated heterocycles. The van der Waals surface area contributed by atoms with Crippen LogP contribution in [0.15, 0.2) is 78.9 Å². The van der Waals surface area contributed by atoms with Crippen LogP contribution in [0.2, 0.25) is 5.02 Å². The summed E-state index contributed by atoms with van der Waals surface area (Å²) in [4.78, 5) is 12.5. The number of aryl methyl sites for hydroxylation is 1. The number of benzene rings is 3. The molecule has 4 heteroatoms. The van der Waals surface area contributed by atoms with E-state index in [0.717, 1.165) is 29.0 Å². The van der Waals surface area contributed by atoms with Crippen molar-refractivity contribution in [3.63, 3.8) is 0 Å². The lowest BCUT2D eigenvalue weighted by Crippen LogP contribution is -2.25. The van der Waals surface area contributed by atoms with Gasteiger partial charge in [0.2, 0.25) is 0 Å². The molecule has 0 bridgehead atoms. The normalized spacial score (nSPS) is 10.4.